The molecule has 3 rings (SSSR count). The van der Waals surface area contributed by atoms with Gasteiger partial charge in [-0.05, 0) is 31.0 Å². The minimum Gasteiger partial charge on any atom is -0.256 e. The Balaban J connectivity index is 2.04. The SMILES string of the molecule is Cc1cnc(-c2cccc([Si](C)(C)c3ccccc3)c2)cc1C. The van der Waals surface area contributed by atoms with Crippen LogP contribution in [0.3, 0.4) is 0 Å². The molecule has 0 aliphatic rings. The van der Waals surface area contributed by atoms with Crippen molar-refractivity contribution in [3.05, 3.63) is 78.0 Å². The fourth-order valence-corrected chi connectivity index (χ4v) is 5.26. The fraction of sp³-hybridized carbons (Fsp3) is 0.190. The lowest BCUT2D eigenvalue weighted by Gasteiger charge is -2.24. The zero-order valence-electron chi connectivity index (χ0n) is 14.3. The Morgan fingerprint density at radius 3 is 2.13 bits per heavy atom. The van der Waals surface area contributed by atoms with Crippen LogP contribution in [-0.4, -0.2) is 13.1 Å². The van der Waals surface area contributed by atoms with Crippen LogP contribution in [0.4, 0.5) is 0 Å². The molecule has 0 amide bonds. The summed E-state index contributed by atoms with van der Waals surface area (Å²) in [6, 6.07) is 22.0. The lowest BCUT2D eigenvalue weighted by atomic mass is 10.1. The number of aryl methyl sites for hydroxylation is 2. The van der Waals surface area contributed by atoms with Crippen LogP contribution in [0, 0.1) is 13.8 Å². The second kappa shape index (κ2) is 6.13. The van der Waals surface area contributed by atoms with Crippen molar-refractivity contribution in [2.45, 2.75) is 26.9 Å². The van der Waals surface area contributed by atoms with Crippen LogP contribution in [0.5, 0.6) is 0 Å². The molecule has 0 bridgehead atoms. The van der Waals surface area contributed by atoms with Gasteiger partial charge in [0.05, 0.1) is 5.69 Å². The molecule has 1 heterocycles. The standard InChI is InChI=1S/C21H23NSi/c1-16-13-21(22-15-17(16)2)18-9-8-12-20(14-18)23(3,4)19-10-6-5-7-11-19/h5-15H,1-4H3. The van der Waals surface area contributed by atoms with Gasteiger partial charge in [-0.1, -0.05) is 78.1 Å². The van der Waals surface area contributed by atoms with Crippen molar-refractivity contribution in [3.8, 4) is 11.3 Å². The van der Waals surface area contributed by atoms with E-state index in [0.717, 1.165) is 5.69 Å². The Hall–Kier alpha value is -2.19. The van der Waals surface area contributed by atoms with Crippen molar-refractivity contribution >= 4 is 18.4 Å². The molecule has 0 saturated carbocycles. The zero-order chi connectivity index (χ0) is 16.4. The van der Waals surface area contributed by atoms with E-state index in [1.165, 1.54) is 27.1 Å². The largest absolute Gasteiger partial charge is 0.256 e. The lowest BCUT2D eigenvalue weighted by molar-refractivity contribution is 1.22. The summed E-state index contributed by atoms with van der Waals surface area (Å²) < 4.78 is 0. The van der Waals surface area contributed by atoms with Crippen molar-refractivity contribution in [1.29, 1.82) is 0 Å². The number of pyridine rings is 1. The lowest BCUT2D eigenvalue weighted by Crippen LogP contribution is -2.52. The Morgan fingerprint density at radius 2 is 1.43 bits per heavy atom. The second-order valence-electron chi connectivity index (χ2n) is 6.73. The summed E-state index contributed by atoms with van der Waals surface area (Å²) in [5, 5.41) is 2.91. The van der Waals surface area contributed by atoms with Gasteiger partial charge in [0.15, 0.2) is 0 Å². The van der Waals surface area contributed by atoms with Gasteiger partial charge in [0.25, 0.3) is 0 Å². The molecule has 0 unspecified atom stereocenters. The summed E-state index contributed by atoms with van der Waals surface area (Å²) in [6.45, 7) is 9.07. The van der Waals surface area contributed by atoms with E-state index in [2.05, 4.69) is 92.6 Å². The smallest absolute Gasteiger partial charge is 0.112 e. The Morgan fingerprint density at radius 1 is 0.739 bits per heavy atom. The van der Waals surface area contributed by atoms with E-state index >= 15 is 0 Å². The maximum atomic E-state index is 4.62. The first kappa shape index (κ1) is 15.7. The van der Waals surface area contributed by atoms with Gasteiger partial charge in [-0.25, -0.2) is 0 Å². The number of aromatic nitrogens is 1. The van der Waals surface area contributed by atoms with Gasteiger partial charge in [0, 0.05) is 11.8 Å². The number of nitrogens with zero attached hydrogens (tertiary/aromatic N) is 1. The first-order valence-corrected chi connectivity index (χ1v) is 11.1. The average Bonchev–Trinajstić information content (AvgIpc) is 2.58. The monoisotopic (exact) mass is 317 g/mol. The van der Waals surface area contributed by atoms with E-state index < -0.39 is 8.07 Å². The molecule has 3 aromatic rings. The molecular weight excluding hydrogens is 294 g/mol. The van der Waals surface area contributed by atoms with Crippen molar-refractivity contribution in [3.63, 3.8) is 0 Å². The van der Waals surface area contributed by atoms with Crippen LogP contribution in [0.1, 0.15) is 11.1 Å². The molecule has 0 spiro atoms. The molecule has 1 aromatic heterocycles. The van der Waals surface area contributed by atoms with E-state index in [4.69, 9.17) is 0 Å². The zero-order valence-corrected chi connectivity index (χ0v) is 15.3. The van der Waals surface area contributed by atoms with E-state index in [-0.39, 0.29) is 0 Å². The normalized spacial score (nSPS) is 11.5. The van der Waals surface area contributed by atoms with Crippen LogP contribution in [0.2, 0.25) is 13.1 Å². The highest BCUT2D eigenvalue weighted by atomic mass is 28.3. The summed E-state index contributed by atoms with van der Waals surface area (Å²) in [5.41, 5.74) is 4.80. The van der Waals surface area contributed by atoms with Crippen LogP contribution in [0.15, 0.2) is 66.9 Å². The van der Waals surface area contributed by atoms with Gasteiger partial charge >= 0.3 is 0 Å². The Labute approximate surface area is 140 Å². The predicted octanol–water partition coefficient (Wildman–Crippen LogP) is 4.19. The Bertz CT molecular complexity index is 822. The molecular formula is C21H23NSi. The van der Waals surface area contributed by atoms with Crippen LogP contribution >= 0.6 is 0 Å². The first-order valence-electron chi connectivity index (χ1n) is 8.08. The molecule has 0 radical (unpaired) electrons. The molecule has 116 valence electrons. The molecule has 0 atom stereocenters. The van der Waals surface area contributed by atoms with Gasteiger partial charge in [-0.2, -0.15) is 0 Å². The second-order valence-corrected chi connectivity index (χ2v) is 11.1. The number of benzene rings is 2. The third-order valence-electron chi connectivity index (χ3n) is 4.75. The summed E-state index contributed by atoms with van der Waals surface area (Å²) in [7, 11) is -1.67. The predicted molar refractivity (Wildman–Crippen MR) is 102 cm³/mol. The Kier molecular flexibility index (Phi) is 4.18. The van der Waals surface area contributed by atoms with Crippen molar-refractivity contribution in [2.24, 2.45) is 0 Å². The summed E-state index contributed by atoms with van der Waals surface area (Å²) in [4.78, 5) is 4.62. The van der Waals surface area contributed by atoms with Gasteiger partial charge < -0.3 is 0 Å². The highest BCUT2D eigenvalue weighted by Gasteiger charge is 2.25. The fourth-order valence-electron chi connectivity index (χ4n) is 2.87. The van der Waals surface area contributed by atoms with Gasteiger partial charge in [0.2, 0.25) is 0 Å². The minimum absolute atomic E-state index is 1.06. The molecule has 1 nitrogen and oxygen atoms in total. The van der Waals surface area contributed by atoms with E-state index in [1.54, 1.807) is 0 Å². The number of hydrogen-bond acceptors (Lipinski definition) is 1. The highest BCUT2D eigenvalue weighted by Crippen LogP contribution is 2.19. The summed E-state index contributed by atoms with van der Waals surface area (Å²) in [6.07, 6.45) is 1.97. The molecule has 2 heteroatoms. The third-order valence-corrected chi connectivity index (χ3v) is 8.28. The minimum atomic E-state index is -1.67. The van der Waals surface area contributed by atoms with Crippen LogP contribution in [0.25, 0.3) is 11.3 Å². The van der Waals surface area contributed by atoms with Crippen LogP contribution in [-0.2, 0) is 0 Å². The maximum Gasteiger partial charge on any atom is 0.112 e. The molecule has 0 N–H and O–H groups in total. The highest BCUT2D eigenvalue weighted by molar-refractivity contribution is 7.00. The molecule has 0 aliphatic carbocycles. The van der Waals surface area contributed by atoms with Gasteiger partial charge in [-0.3, -0.25) is 4.98 Å². The molecule has 0 fully saturated rings. The van der Waals surface area contributed by atoms with Crippen LogP contribution < -0.4 is 10.4 Å². The first-order chi connectivity index (χ1) is 11.0. The van der Waals surface area contributed by atoms with Crippen molar-refractivity contribution in [2.75, 3.05) is 0 Å². The van der Waals surface area contributed by atoms with Crippen molar-refractivity contribution < 1.29 is 0 Å². The maximum absolute atomic E-state index is 4.62. The van der Waals surface area contributed by atoms with Gasteiger partial charge in [-0.15, -0.1) is 0 Å². The van der Waals surface area contributed by atoms with Crippen molar-refractivity contribution in [1.82, 2.24) is 4.98 Å². The quantitative estimate of drug-likeness (QED) is 0.660. The van der Waals surface area contributed by atoms with Gasteiger partial charge in [0.1, 0.15) is 8.07 Å². The molecule has 23 heavy (non-hydrogen) atoms. The molecule has 0 saturated heterocycles. The summed E-state index contributed by atoms with van der Waals surface area (Å²) >= 11 is 0. The average molecular weight is 318 g/mol. The van der Waals surface area contributed by atoms with E-state index in [0.29, 0.717) is 0 Å². The summed E-state index contributed by atoms with van der Waals surface area (Å²) in [5.74, 6) is 0. The molecule has 0 aliphatic heterocycles. The number of hydrogen-bond donors (Lipinski definition) is 0. The molecule has 2 aromatic carbocycles. The van der Waals surface area contributed by atoms with E-state index in [9.17, 15) is 0 Å². The topological polar surface area (TPSA) is 12.9 Å². The third kappa shape index (κ3) is 3.13. The van der Waals surface area contributed by atoms with E-state index in [1.807, 2.05) is 6.20 Å². The number of rotatable bonds is 3.